The van der Waals surface area contributed by atoms with Gasteiger partial charge in [0.1, 0.15) is 5.75 Å². The summed E-state index contributed by atoms with van der Waals surface area (Å²) in [7, 11) is 1.57. The Morgan fingerprint density at radius 2 is 1.28 bits per heavy atom. The summed E-state index contributed by atoms with van der Waals surface area (Å²) in [6, 6.07) is 16.0. The predicted molar refractivity (Wildman–Crippen MR) is 203 cm³/mol. The molecule has 10 nitrogen and oxygen atoms in total. The highest BCUT2D eigenvalue weighted by Gasteiger charge is 2.23. The second-order valence-electron chi connectivity index (χ2n) is 13.0. The van der Waals surface area contributed by atoms with Gasteiger partial charge in [0.25, 0.3) is 0 Å². The zero-order valence-corrected chi connectivity index (χ0v) is 30.6. The van der Waals surface area contributed by atoms with Gasteiger partial charge in [-0.1, -0.05) is 57.0 Å². The molecule has 3 aromatic rings. The van der Waals surface area contributed by atoms with E-state index in [2.05, 4.69) is 13.2 Å². The Kier molecular flexibility index (Phi) is 16.7. The van der Waals surface area contributed by atoms with E-state index in [1.807, 2.05) is 12.1 Å². The Morgan fingerprint density at radius 1 is 0.660 bits per heavy atom. The van der Waals surface area contributed by atoms with Gasteiger partial charge >= 0.3 is 23.9 Å². The normalized spacial score (nSPS) is 15.3. The van der Waals surface area contributed by atoms with Gasteiger partial charge in [0.05, 0.1) is 39.1 Å². The summed E-state index contributed by atoms with van der Waals surface area (Å²) in [6.07, 6.45) is 15.0. The molecule has 0 saturated heterocycles. The van der Waals surface area contributed by atoms with E-state index in [1.165, 1.54) is 18.2 Å². The van der Waals surface area contributed by atoms with Gasteiger partial charge in [-0.25, -0.2) is 19.2 Å². The summed E-state index contributed by atoms with van der Waals surface area (Å²) >= 11 is 0. The molecule has 0 atom stereocenters. The average molecular weight is 727 g/mol. The van der Waals surface area contributed by atoms with Gasteiger partial charge in [0.2, 0.25) is 0 Å². The van der Waals surface area contributed by atoms with Crippen molar-refractivity contribution in [3.8, 4) is 17.2 Å². The zero-order chi connectivity index (χ0) is 37.8. The molecule has 282 valence electrons. The maximum absolute atomic E-state index is 12.8. The first kappa shape index (κ1) is 40.4. The summed E-state index contributed by atoms with van der Waals surface area (Å²) in [5.74, 6) is 0.502. The third-order valence-corrected chi connectivity index (χ3v) is 9.12. The Labute approximate surface area is 311 Å². The highest BCUT2D eigenvalue weighted by atomic mass is 16.5. The number of rotatable bonds is 21. The minimum Gasteiger partial charge on any atom is -0.493 e. The van der Waals surface area contributed by atoms with Crippen LogP contribution in [-0.2, 0) is 28.6 Å². The number of methoxy groups -OCH3 is 1. The molecule has 0 spiro atoms. The van der Waals surface area contributed by atoms with Gasteiger partial charge in [0.15, 0.2) is 11.5 Å². The summed E-state index contributed by atoms with van der Waals surface area (Å²) in [6.45, 7) is 8.54. The lowest BCUT2D eigenvalue weighted by atomic mass is 9.83. The molecule has 3 aromatic carbocycles. The summed E-state index contributed by atoms with van der Waals surface area (Å²) in [4.78, 5) is 47.8. The van der Waals surface area contributed by atoms with Crippen LogP contribution < -0.4 is 14.2 Å². The number of unbranched alkanes of at least 4 members (excludes halogenated alkanes) is 5. The van der Waals surface area contributed by atoms with E-state index < -0.39 is 11.9 Å². The highest BCUT2D eigenvalue weighted by molar-refractivity contribution is 5.96. The van der Waals surface area contributed by atoms with E-state index >= 15 is 0 Å². The molecule has 1 aliphatic rings. The maximum atomic E-state index is 12.8. The number of carbonyl (C=O) groups is 4. The number of ether oxygens (including phenoxy) is 6. The average Bonchev–Trinajstić information content (AvgIpc) is 3.19. The smallest absolute Gasteiger partial charge is 0.338 e. The van der Waals surface area contributed by atoms with Crippen molar-refractivity contribution in [3.63, 3.8) is 0 Å². The van der Waals surface area contributed by atoms with E-state index in [-0.39, 0.29) is 17.9 Å². The summed E-state index contributed by atoms with van der Waals surface area (Å²) in [5.41, 5.74) is 1.21. The molecular weight excluding hydrogens is 676 g/mol. The van der Waals surface area contributed by atoms with E-state index in [4.69, 9.17) is 28.4 Å². The van der Waals surface area contributed by atoms with Crippen LogP contribution in [0.2, 0.25) is 0 Å². The Morgan fingerprint density at radius 3 is 1.98 bits per heavy atom. The first-order valence-corrected chi connectivity index (χ1v) is 18.3. The SMILES string of the molecule is C=CC(=O)OCCCCCCCCOc1ccc(C=CC(=O)Oc2ccc3cc(C(=O)OCC4CCC(COC(=O)C=C)CC4)ccc3c2)cc1OC. The number of esters is 4. The lowest BCUT2D eigenvalue weighted by molar-refractivity contribution is -0.139. The van der Waals surface area contributed by atoms with Crippen molar-refractivity contribution in [1.82, 2.24) is 0 Å². The molecule has 0 heterocycles. The van der Waals surface area contributed by atoms with Crippen LogP contribution in [0.5, 0.6) is 17.2 Å². The zero-order valence-electron chi connectivity index (χ0n) is 30.6. The third-order valence-electron chi connectivity index (χ3n) is 9.12. The molecule has 0 bridgehead atoms. The second kappa shape index (κ2) is 21.9. The van der Waals surface area contributed by atoms with Gasteiger partial charge in [-0.15, -0.1) is 0 Å². The fourth-order valence-corrected chi connectivity index (χ4v) is 6.06. The molecule has 0 aromatic heterocycles. The molecule has 0 N–H and O–H groups in total. The lowest BCUT2D eigenvalue weighted by Gasteiger charge is -2.27. The Bertz CT molecular complexity index is 1730. The van der Waals surface area contributed by atoms with Crippen molar-refractivity contribution in [1.29, 1.82) is 0 Å². The third kappa shape index (κ3) is 13.9. The predicted octanol–water partition coefficient (Wildman–Crippen LogP) is 8.61. The van der Waals surface area contributed by atoms with E-state index in [0.717, 1.165) is 80.5 Å². The van der Waals surface area contributed by atoms with Crippen molar-refractivity contribution >= 4 is 40.7 Å². The van der Waals surface area contributed by atoms with Crippen LogP contribution in [0.25, 0.3) is 16.8 Å². The lowest BCUT2D eigenvalue weighted by Crippen LogP contribution is -2.23. The molecule has 53 heavy (non-hydrogen) atoms. The van der Waals surface area contributed by atoms with Gasteiger partial charge in [-0.2, -0.15) is 0 Å². The van der Waals surface area contributed by atoms with Crippen molar-refractivity contribution in [2.24, 2.45) is 11.8 Å². The topological polar surface area (TPSA) is 124 Å². The summed E-state index contributed by atoms with van der Waals surface area (Å²) < 4.78 is 32.8. The first-order valence-electron chi connectivity index (χ1n) is 18.3. The molecule has 10 heteroatoms. The molecule has 0 radical (unpaired) electrons. The minimum absolute atomic E-state index is 0.282. The summed E-state index contributed by atoms with van der Waals surface area (Å²) in [5, 5.41) is 1.63. The molecule has 1 saturated carbocycles. The first-order chi connectivity index (χ1) is 25.8. The second-order valence-corrected chi connectivity index (χ2v) is 13.0. The number of benzene rings is 3. The van der Waals surface area contributed by atoms with Crippen molar-refractivity contribution < 1.29 is 47.6 Å². The quantitative estimate of drug-likeness (QED) is 0.0347. The minimum atomic E-state index is -0.534. The van der Waals surface area contributed by atoms with Crippen molar-refractivity contribution in [2.45, 2.75) is 64.2 Å². The molecule has 0 amide bonds. The number of hydrogen-bond acceptors (Lipinski definition) is 10. The van der Waals surface area contributed by atoms with Crippen LogP contribution in [0.3, 0.4) is 0 Å². The Hall–Kier alpha value is -5.38. The number of fused-ring (bicyclic) bond motifs is 1. The van der Waals surface area contributed by atoms with Crippen LogP contribution in [0.15, 0.2) is 86.0 Å². The van der Waals surface area contributed by atoms with Crippen LogP contribution in [0.1, 0.15) is 80.1 Å². The largest absolute Gasteiger partial charge is 0.493 e. The molecule has 1 aliphatic carbocycles. The van der Waals surface area contributed by atoms with E-state index in [9.17, 15) is 19.2 Å². The highest BCUT2D eigenvalue weighted by Crippen LogP contribution is 2.31. The standard InChI is InChI=1S/C43H50O10/c1-4-40(44)50-25-11-9-7-6-8-10-24-49-38-22-16-31(26-39(38)48-3)17-23-42(46)53-37-21-20-34-27-36(19-18-35(34)28-37)43(47)52-30-33-14-12-32(13-15-33)29-51-41(45)5-2/h4-5,16-23,26-28,32-33H,1-2,6-15,24-25,29-30H2,3H3. The fourth-order valence-electron chi connectivity index (χ4n) is 6.06. The Balaban J connectivity index is 1.17. The number of hydrogen-bond donors (Lipinski definition) is 0. The van der Waals surface area contributed by atoms with Crippen molar-refractivity contribution in [3.05, 3.63) is 97.1 Å². The molecular formula is C43H50O10. The van der Waals surface area contributed by atoms with Crippen molar-refractivity contribution in [2.75, 3.05) is 33.5 Å². The van der Waals surface area contributed by atoms with Gasteiger partial charge in [0, 0.05) is 18.2 Å². The molecule has 0 aliphatic heterocycles. The molecule has 4 rings (SSSR count). The number of carbonyl (C=O) groups excluding carboxylic acids is 4. The van der Waals surface area contributed by atoms with Gasteiger partial charge < -0.3 is 28.4 Å². The fraction of sp³-hybridized carbons (Fsp3) is 0.395. The van der Waals surface area contributed by atoms with Gasteiger partial charge in [-0.3, -0.25) is 0 Å². The van der Waals surface area contributed by atoms with Gasteiger partial charge in [-0.05, 0) is 109 Å². The molecule has 0 unspecified atom stereocenters. The van der Waals surface area contributed by atoms with Crippen LogP contribution in [0.4, 0.5) is 0 Å². The van der Waals surface area contributed by atoms with E-state index in [1.54, 1.807) is 55.7 Å². The molecule has 1 fully saturated rings. The van der Waals surface area contributed by atoms with Crippen LogP contribution in [0, 0.1) is 11.8 Å². The van der Waals surface area contributed by atoms with Crippen LogP contribution >= 0.6 is 0 Å². The van der Waals surface area contributed by atoms with E-state index in [0.29, 0.717) is 55.2 Å². The monoisotopic (exact) mass is 726 g/mol. The van der Waals surface area contributed by atoms with Crippen LogP contribution in [-0.4, -0.2) is 57.4 Å². The maximum Gasteiger partial charge on any atom is 0.338 e.